The van der Waals surface area contributed by atoms with Crippen molar-refractivity contribution in [3.63, 3.8) is 0 Å². The zero-order valence-corrected chi connectivity index (χ0v) is 21.0. The highest BCUT2D eigenvalue weighted by molar-refractivity contribution is 7.21. The highest BCUT2D eigenvalue weighted by Crippen LogP contribution is 2.46. The van der Waals surface area contributed by atoms with Crippen molar-refractivity contribution in [3.05, 3.63) is 40.9 Å². The number of ether oxygens (including phenoxy) is 2. The first kappa shape index (κ1) is 23.2. The molecular formula is C26H29N5O4S. The highest BCUT2D eigenvalue weighted by atomic mass is 32.1. The number of aryl methyl sites for hydroxylation is 1. The maximum atomic E-state index is 13.4. The third kappa shape index (κ3) is 4.29. The molecule has 2 saturated heterocycles. The molecule has 3 aliphatic rings. The van der Waals surface area contributed by atoms with E-state index in [9.17, 15) is 9.59 Å². The minimum Gasteiger partial charge on any atom is -0.490 e. The number of aromatic nitrogens is 1. The van der Waals surface area contributed by atoms with Crippen molar-refractivity contribution in [2.45, 2.75) is 44.8 Å². The van der Waals surface area contributed by atoms with Crippen LogP contribution in [-0.4, -0.2) is 55.4 Å². The number of hydrogen-bond acceptors (Lipinski definition) is 7. The molecule has 5 heterocycles. The van der Waals surface area contributed by atoms with Crippen LogP contribution in [0.3, 0.4) is 0 Å². The lowest BCUT2D eigenvalue weighted by Crippen LogP contribution is -2.45. The van der Waals surface area contributed by atoms with E-state index in [-0.39, 0.29) is 24.1 Å². The monoisotopic (exact) mass is 507 g/mol. The van der Waals surface area contributed by atoms with Crippen molar-refractivity contribution in [2.24, 2.45) is 0 Å². The Morgan fingerprint density at radius 2 is 2.08 bits per heavy atom. The fourth-order valence-corrected chi connectivity index (χ4v) is 6.17. The predicted molar refractivity (Wildman–Crippen MR) is 140 cm³/mol. The average Bonchev–Trinajstić information content (AvgIpc) is 3.26. The Bertz CT molecular complexity index is 1310. The first-order valence-electron chi connectivity index (χ1n) is 12.5. The van der Waals surface area contributed by atoms with E-state index >= 15 is 0 Å². The van der Waals surface area contributed by atoms with Gasteiger partial charge in [-0.2, -0.15) is 0 Å². The predicted octanol–water partition coefficient (Wildman–Crippen LogP) is 4.33. The van der Waals surface area contributed by atoms with Crippen molar-refractivity contribution >= 4 is 50.6 Å². The lowest BCUT2D eigenvalue weighted by Gasteiger charge is -2.30. The lowest BCUT2D eigenvalue weighted by atomic mass is 10.1. The summed E-state index contributed by atoms with van der Waals surface area (Å²) < 4.78 is 11.6. The Kier molecular flexibility index (Phi) is 6.24. The van der Waals surface area contributed by atoms with Crippen LogP contribution in [0.15, 0.2) is 30.5 Å². The molecule has 2 aromatic heterocycles. The average molecular weight is 508 g/mol. The normalized spacial score (nSPS) is 20.3. The molecular weight excluding hydrogens is 478 g/mol. The van der Waals surface area contributed by atoms with Crippen LogP contribution >= 0.6 is 11.3 Å². The summed E-state index contributed by atoms with van der Waals surface area (Å²) in [5, 5.41) is 10.2. The second-order valence-electron chi connectivity index (χ2n) is 9.48. The number of carbonyl (C=O) groups excluding carboxylic acids is 2. The molecule has 2 fully saturated rings. The van der Waals surface area contributed by atoms with Gasteiger partial charge in [-0.3, -0.25) is 9.69 Å². The Hall–Kier alpha value is -3.21. The van der Waals surface area contributed by atoms with Gasteiger partial charge >= 0.3 is 6.03 Å². The second-order valence-corrected chi connectivity index (χ2v) is 10.5. The van der Waals surface area contributed by atoms with Crippen LogP contribution in [-0.2, 0) is 4.74 Å². The van der Waals surface area contributed by atoms with Crippen LogP contribution in [0.4, 0.5) is 21.9 Å². The zero-order chi connectivity index (χ0) is 24.6. The minimum absolute atomic E-state index is 0.0800. The van der Waals surface area contributed by atoms with Gasteiger partial charge in [0.25, 0.3) is 5.91 Å². The van der Waals surface area contributed by atoms with E-state index in [1.54, 1.807) is 11.1 Å². The first-order valence-corrected chi connectivity index (χ1v) is 13.3. The quantitative estimate of drug-likeness (QED) is 0.475. The van der Waals surface area contributed by atoms with Gasteiger partial charge in [-0.15, -0.1) is 11.3 Å². The molecule has 0 spiro atoms. The number of nitrogens with one attached hydrogen (secondary N) is 3. The summed E-state index contributed by atoms with van der Waals surface area (Å²) in [6.45, 7) is 5.13. The fourth-order valence-electron chi connectivity index (χ4n) is 5.15. The molecule has 0 bridgehead atoms. The Labute approximate surface area is 213 Å². The van der Waals surface area contributed by atoms with Gasteiger partial charge in [-0.25, -0.2) is 9.78 Å². The molecule has 1 unspecified atom stereocenters. The molecule has 1 atom stereocenters. The topological polar surface area (TPSA) is 105 Å². The maximum absolute atomic E-state index is 13.4. The van der Waals surface area contributed by atoms with E-state index in [1.807, 2.05) is 31.2 Å². The number of thiophene rings is 1. The molecule has 0 saturated carbocycles. The summed E-state index contributed by atoms with van der Waals surface area (Å²) in [4.78, 5) is 34.0. The van der Waals surface area contributed by atoms with Crippen LogP contribution in [0.2, 0.25) is 0 Å². The van der Waals surface area contributed by atoms with Gasteiger partial charge in [-0.1, -0.05) is 0 Å². The van der Waals surface area contributed by atoms with Gasteiger partial charge in [0, 0.05) is 31.6 Å². The summed E-state index contributed by atoms with van der Waals surface area (Å²) in [6.07, 6.45) is 5.55. The number of piperidine rings is 1. The number of carbonyl (C=O) groups is 2. The van der Waals surface area contributed by atoms with Crippen molar-refractivity contribution in [1.29, 1.82) is 0 Å². The van der Waals surface area contributed by atoms with Crippen molar-refractivity contribution in [3.8, 4) is 5.75 Å². The van der Waals surface area contributed by atoms with Gasteiger partial charge in [0.15, 0.2) is 0 Å². The number of urea groups is 1. The number of nitrogens with zero attached hydrogens (tertiary/aromatic N) is 2. The van der Waals surface area contributed by atoms with E-state index in [0.29, 0.717) is 23.8 Å². The first-order chi connectivity index (χ1) is 17.6. The molecule has 3 amide bonds. The SMILES string of the molecule is Cc1cc(OC2CCOCC2)ccc1N1C(=O)Nc2c(C(=O)NC3CCCNC3)sc3nccc1c23. The number of amides is 3. The number of anilines is 3. The molecule has 36 heavy (non-hydrogen) atoms. The Morgan fingerprint density at radius 1 is 1.22 bits per heavy atom. The van der Waals surface area contributed by atoms with Crippen molar-refractivity contribution in [1.82, 2.24) is 15.6 Å². The highest BCUT2D eigenvalue weighted by Gasteiger charge is 2.34. The minimum atomic E-state index is -0.303. The smallest absolute Gasteiger partial charge is 0.331 e. The molecule has 6 rings (SSSR count). The molecule has 0 aliphatic carbocycles. The third-order valence-electron chi connectivity index (χ3n) is 6.96. The summed E-state index contributed by atoms with van der Waals surface area (Å²) in [7, 11) is 0. The van der Waals surface area contributed by atoms with Gasteiger partial charge in [0.05, 0.1) is 35.7 Å². The Morgan fingerprint density at radius 3 is 2.86 bits per heavy atom. The summed E-state index contributed by atoms with van der Waals surface area (Å²) in [6, 6.07) is 7.40. The third-order valence-corrected chi connectivity index (χ3v) is 8.06. The maximum Gasteiger partial charge on any atom is 0.331 e. The van der Waals surface area contributed by atoms with Crippen LogP contribution < -0.4 is 25.6 Å². The Balaban J connectivity index is 1.31. The lowest BCUT2D eigenvalue weighted by molar-refractivity contribution is 0.0255. The number of pyridine rings is 1. The summed E-state index contributed by atoms with van der Waals surface area (Å²) in [5.74, 6) is 0.611. The van der Waals surface area contributed by atoms with Crippen LogP contribution in [0, 0.1) is 6.92 Å². The van der Waals surface area contributed by atoms with Crippen molar-refractivity contribution < 1.29 is 19.1 Å². The molecule has 3 N–H and O–H groups in total. The van der Waals surface area contributed by atoms with E-state index in [4.69, 9.17) is 9.47 Å². The largest absolute Gasteiger partial charge is 0.490 e. The van der Waals surface area contributed by atoms with E-state index in [2.05, 4.69) is 20.9 Å². The molecule has 10 heteroatoms. The van der Waals surface area contributed by atoms with Gasteiger partial charge in [0.2, 0.25) is 0 Å². The van der Waals surface area contributed by atoms with E-state index in [1.165, 1.54) is 11.3 Å². The van der Waals surface area contributed by atoms with E-state index in [0.717, 1.165) is 71.7 Å². The number of rotatable bonds is 5. The van der Waals surface area contributed by atoms with Gasteiger partial charge in [0.1, 0.15) is 21.6 Å². The fraction of sp³-hybridized carbons (Fsp3) is 0.423. The summed E-state index contributed by atoms with van der Waals surface area (Å²) >= 11 is 1.31. The van der Waals surface area contributed by atoms with E-state index < -0.39 is 0 Å². The molecule has 1 aromatic carbocycles. The van der Waals surface area contributed by atoms with Gasteiger partial charge in [-0.05, 0) is 56.1 Å². The molecule has 0 radical (unpaired) electrons. The zero-order valence-electron chi connectivity index (χ0n) is 20.1. The number of benzene rings is 1. The molecule has 3 aromatic rings. The van der Waals surface area contributed by atoms with Crippen LogP contribution in [0.1, 0.15) is 40.9 Å². The van der Waals surface area contributed by atoms with Gasteiger partial charge < -0.3 is 25.4 Å². The van der Waals surface area contributed by atoms with Crippen LogP contribution in [0.5, 0.6) is 5.75 Å². The molecule has 9 nitrogen and oxygen atoms in total. The second kappa shape index (κ2) is 9.68. The summed E-state index contributed by atoms with van der Waals surface area (Å²) in [5.41, 5.74) is 2.93. The van der Waals surface area contributed by atoms with Crippen LogP contribution in [0.25, 0.3) is 10.2 Å². The standard InChI is InChI=1S/C26H29N5O4S/c1-15-13-18(35-17-7-11-34-12-8-17)4-5-19(15)31-20-6-10-28-25-21(20)22(30-26(31)33)23(36-25)24(32)29-16-3-2-9-27-14-16/h4-6,10,13,16-17,27H,2-3,7-9,11-12,14H2,1H3,(H,29,32)(H,30,33). The number of hydrogen-bond donors (Lipinski definition) is 3. The molecule has 188 valence electrons. The molecule has 3 aliphatic heterocycles. The van der Waals surface area contributed by atoms with Crippen molar-refractivity contribution in [2.75, 3.05) is 36.5 Å².